The molecule has 1 aromatic heterocycles. The molecule has 0 unspecified atom stereocenters. The van der Waals surface area contributed by atoms with Gasteiger partial charge in [0.25, 0.3) is 5.91 Å². The highest BCUT2D eigenvalue weighted by Gasteiger charge is 2.31. The van der Waals surface area contributed by atoms with Crippen LogP contribution in [-0.2, 0) is 21.4 Å². The van der Waals surface area contributed by atoms with Crippen LogP contribution < -0.4 is 24.4 Å². The van der Waals surface area contributed by atoms with Gasteiger partial charge in [-0.2, -0.15) is 0 Å². The fourth-order valence-electron chi connectivity index (χ4n) is 3.68. The lowest BCUT2D eigenvalue weighted by atomic mass is 10.1. The maximum Gasteiger partial charge on any atom is 0.253 e. The van der Waals surface area contributed by atoms with E-state index >= 15 is 0 Å². The molecule has 2 aromatic carbocycles. The standard InChI is InChI=1S/C24H25N3O7S/c1-16(27(35(2,30)31)17-9-10-21-22(14-17)34-13-12-33-21)23(28)26-20-8-4-3-7-19(20)24(29)25-15-18-6-5-11-32-18/h3-11,14,16H,12-13,15H2,1-2H3,(H,25,29)(H,26,28)/t16-/m0/s1. The van der Waals surface area contributed by atoms with Crippen LogP contribution in [0, 0.1) is 0 Å². The summed E-state index contributed by atoms with van der Waals surface area (Å²) >= 11 is 0. The van der Waals surface area contributed by atoms with Gasteiger partial charge in [-0.25, -0.2) is 8.42 Å². The summed E-state index contributed by atoms with van der Waals surface area (Å²) < 4.78 is 42.6. The van der Waals surface area contributed by atoms with Gasteiger partial charge >= 0.3 is 0 Å². The summed E-state index contributed by atoms with van der Waals surface area (Å²) in [6.45, 7) is 2.38. The molecule has 2 N–H and O–H groups in total. The number of nitrogens with zero attached hydrogens (tertiary/aromatic N) is 1. The molecule has 10 nitrogen and oxygen atoms in total. The molecule has 2 amide bonds. The predicted molar refractivity (Wildman–Crippen MR) is 129 cm³/mol. The van der Waals surface area contributed by atoms with Crippen molar-refractivity contribution in [3.8, 4) is 11.5 Å². The topological polar surface area (TPSA) is 127 Å². The molecule has 11 heteroatoms. The van der Waals surface area contributed by atoms with Crippen LogP contribution in [0.1, 0.15) is 23.0 Å². The minimum absolute atomic E-state index is 0.177. The van der Waals surface area contributed by atoms with E-state index in [-0.39, 0.29) is 23.5 Å². The Labute approximate surface area is 202 Å². The Morgan fingerprint density at radius 2 is 1.77 bits per heavy atom. The molecule has 0 saturated heterocycles. The van der Waals surface area contributed by atoms with Gasteiger partial charge in [0, 0.05) is 6.07 Å². The zero-order valence-electron chi connectivity index (χ0n) is 19.2. The molecule has 3 aromatic rings. The first kappa shape index (κ1) is 24.1. The highest BCUT2D eigenvalue weighted by Crippen LogP contribution is 2.35. The van der Waals surface area contributed by atoms with Crippen LogP contribution in [0.3, 0.4) is 0 Å². The number of anilines is 2. The molecule has 0 aliphatic carbocycles. The van der Waals surface area contributed by atoms with E-state index in [0.717, 1.165) is 10.6 Å². The highest BCUT2D eigenvalue weighted by atomic mass is 32.2. The van der Waals surface area contributed by atoms with Gasteiger partial charge in [-0.15, -0.1) is 0 Å². The maximum absolute atomic E-state index is 13.2. The second-order valence-corrected chi connectivity index (χ2v) is 9.72. The number of benzene rings is 2. The number of furan rings is 1. The van der Waals surface area contributed by atoms with Crippen LogP contribution in [0.25, 0.3) is 0 Å². The summed E-state index contributed by atoms with van der Waals surface area (Å²) in [7, 11) is -3.85. The Morgan fingerprint density at radius 3 is 2.49 bits per heavy atom. The molecule has 0 radical (unpaired) electrons. The van der Waals surface area contributed by atoms with E-state index < -0.39 is 27.9 Å². The quantitative estimate of drug-likeness (QED) is 0.488. The summed E-state index contributed by atoms with van der Waals surface area (Å²) in [5.41, 5.74) is 0.727. The monoisotopic (exact) mass is 499 g/mol. The van der Waals surface area contributed by atoms with E-state index in [4.69, 9.17) is 13.9 Å². The average molecular weight is 500 g/mol. The van der Waals surface area contributed by atoms with Gasteiger partial charge in [0.2, 0.25) is 15.9 Å². The lowest BCUT2D eigenvalue weighted by Crippen LogP contribution is -2.45. The van der Waals surface area contributed by atoms with Gasteiger partial charge in [0.05, 0.1) is 36.0 Å². The van der Waals surface area contributed by atoms with Crippen molar-refractivity contribution in [2.45, 2.75) is 19.5 Å². The third kappa shape index (κ3) is 5.57. The number of fused-ring (bicyclic) bond motifs is 1. The summed E-state index contributed by atoms with van der Waals surface area (Å²) in [6.07, 6.45) is 2.52. The van der Waals surface area contributed by atoms with E-state index in [1.807, 2.05) is 0 Å². The van der Waals surface area contributed by atoms with Crippen LogP contribution in [0.15, 0.2) is 65.3 Å². The second-order valence-electron chi connectivity index (χ2n) is 7.86. The first-order valence-electron chi connectivity index (χ1n) is 10.8. The Morgan fingerprint density at radius 1 is 1.03 bits per heavy atom. The van der Waals surface area contributed by atoms with Crippen LogP contribution in [0.5, 0.6) is 11.5 Å². The molecule has 0 fully saturated rings. The largest absolute Gasteiger partial charge is 0.486 e. The van der Waals surface area contributed by atoms with Crippen molar-refractivity contribution < 1.29 is 31.9 Å². The molecule has 0 saturated carbocycles. The van der Waals surface area contributed by atoms with E-state index in [0.29, 0.717) is 30.5 Å². The Balaban J connectivity index is 1.54. The smallest absolute Gasteiger partial charge is 0.253 e. The number of carbonyl (C=O) groups is 2. The minimum atomic E-state index is -3.85. The summed E-state index contributed by atoms with van der Waals surface area (Å²) in [6, 6.07) is 13.5. The normalized spacial score (nSPS) is 13.5. The van der Waals surface area contributed by atoms with Gasteiger partial charge in [-0.1, -0.05) is 12.1 Å². The first-order valence-corrected chi connectivity index (χ1v) is 12.7. The Kier molecular flexibility index (Phi) is 6.97. The van der Waals surface area contributed by atoms with E-state index in [1.165, 1.54) is 19.3 Å². The molecule has 0 bridgehead atoms. The number of nitrogens with one attached hydrogen (secondary N) is 2. The first-order chi connectivity index (χ1) is 16.7. The number of hydrogen-bond donors (Lipinski definition) is 2. The van der Waals surface area contributed by atoms with E-state index in [9.17, 15) is 18.0 Å². The van der Waals surface area contributed by atoms with Crippen molar-refractivity contribution in [3.63, 3.8) is 0 Å². The predicted octanol–water partition coefficient (Wildman–Crippen LogP) is 2.77. The van der Waals surface area contributed by atoms with E-state index in [2.05, 4.69) is 10.6 Å². The highest BCUT2D eigenvalue weighted by molar-refractivity contribution is 7.92. The summed E-state index contributed by atoms with van der Waals surface area (Å²) in [5.74, 6) is 0.443. The zero-order chi connectivity index (χ0) is 25.0. The van der Waals surface area contributed by atoms with Gasteiger partial charge in [-0.05, 0) is 43.3 Å². The number of sulfonamides is 1. The van der Waals surface area contributed by atoms with Crippen LogP contribution in [0.4, 0.5) is 11.4 Å². The van der Waals surface area contributed by atoms with Crippen molar-refractivity contribution in [1.82, 2.24) is 5.32 Å². The third-order valence-electron chi connectivity index (χ3n) is 5.30. The number of rotatable bonds is 8. The lowest BCUT2D eigenvalue weighted by Gasteiger charge is -2.29. The maximum atomic E-state index is 13.2. The summed E-state index contributed by atoms with van der Waals surface area (Å²) in [4.78, 5) is 25.9. The van der Waals surface area contributed by atoms with Crippen molar-refractivity contribution in [2.24, 2.45) is 0 Å². The second kappa shape index (κ2) is 10.1. The molecular weight excluding hydrogens is 474 g/mol. The minimum Gasteiger partial charge on any atom is -0.486 e. The molecular formula is C24H25N3O7S. The van der Waals surface area contributed by atoms with Crippen LogP contribution in [-0.4, -0.2) is 45.7 Å². The van der Waals surface area contributed by atoms with Crippen LogP contribution >= 0.6 is 0 Å². The number of hydrogen-bond acceptors (Lipinski definition) is 7. The van der Waals surface area contributed by atoms with Crippen LogP contribution in [0.2, 0.25) is 0 Å². The lowest BCUT2D eigenvalue weighted by molar-refractivity contribution is -0.116. The van der Waals surface area contributed by atoms with Gasteiger partial charge in [-0.3, -0.25) is 13.9 Å². The van der Waals surface area contributed by atoms with Crippen molar-refractivity contribution in [3.05, 3.63) is 72.2 Å². The van der Waals surface area contributed by atoms with Gasteiger partial charge in [0.15, 0.2) is 11.5 Å². The number of amides is 2. The SMILES string of the molecule is C[C@@H](C(=O)Nc1ccccc1C(=O)NCc1ccco1)N(c1ccc2c(c1)OCCO2)S(C)(=O)=O. The van der Waals surface area contributed by atoms with Gasteiger partial charge < -0.3 is 24.5 Å². The fraction of sp³-hybridized carbons (Fsp3) is 0.250. The fourth-order valence-corrected chi connectivity index (χ4v) is 4.85. The Bertz CT molecular complexity index is 1320. The molecule has 1 aliphatic heterocycles. The molecule has 184 valence electrons. The Hall–Kier alpha value is -3.99. The molecule has 1 aliphatic rings. The molecule has 2 heterocycles. The molecule has 4 rings (SSSR count). The average Bonchev–Trinajstić information content (AvgIpc) is 3.36. The van der Waals surface area contributed by atoms with Crippen molar-refractivity contribution >= 4 is 33.2 Å². The number of para-hydroxylation sites is 1. The molecule has 0 spiro atoms. The molecule has 1 atom stereocenters. The third-order valence-corrected chi connectivity index (χ3v) is 6.54. The van der Waals surface area contributed by atoms with E-state index in [1.54, 1.807) is 48.5 Å². The van der Waals surface area contributed by atoms with Crippen molar-refractivity contribution in [1.29, 1.82) is 0 Å². The number of carbonyl (C=O) groups excluding carboxylic acids is 2. The number of ether oxygens (including phenoxy) is 2. The molecule has 35 heavy (non-hydrogen) atoms. The van der Waals surface area contributed by atoms with Gasteiger partial charge in [0.1, 0.15) is 25.0 Å². The van der Waals surface area contributed by atoms with Crippen molar-refractivity contribution in [2.75, 3.05) is 29.1 Å². The zero-order valence-corrected chi connectivity index (χ0v) is 20.0. The summed E-state index contributed by atoms with van der Waals surface area (Å²) in [5, 5.41) is 5.41.